The summed E-state index contributed by atoms with van der Waals surface area (Å²) in [4.78, 5) is 4.75. The first-order valence-corrected chi connectivity index (χ1v) is 12.5. The van der Waals surface area contributed by atoms with Gasteiger partial charge in [-0.15, -0.1) is 0 Å². The van der Waals surface area contributed by atoms with E-state index in [4.69, 9.17) is 19.2 Å². The molecule has 4 heterocycles. The number of nitrogens with one attached hydrogen (secondary N) is 1. The Balaban J connectivity index is 0.00000133. The Labute approximate surface area is 202 Å². The SMILES string of the molecule is CC.CCC(Cc1cc(OCCc2ccc3c(n2)NCCC3)n(C)n1)c1ccc2c(c1)OCO2. The lowest BCUT2D eigenvalue weighted by molar-refractivity contribution is 0.174. The third-order valence-corrected chi connectivity index (χ3v) is 6.26. The van der Waals surface area contributed by atoms with E-state index in [0.717, 1.165) is 66.8 Å². The van der Waals surface area contributed by atoms with Crippen molar-refractivity contribution in [2.24, 2.45) is 7.05 Å². The predicted octanol–water partition coefficient (Wildman–Crippen LogP) is 5.29. The van der Waals surface area contributed by atoms with Crippen LogP contribution in [0.15, 0.2) is 36.4 Å². The number of nitrogens with zero attached hydrogens (tertiary/aromatic N) is 3. The number of pyridine rings is 1. The Morgan fingerprint density at radius 2 is 1.94 bits per heavy atom. The maximum absolute atomic E-state index is 6.05. The zero-order valence-electron chi connectivity index (χ0n) is 20.8. The van der Waals surface area contributed by atoms with E-state index >= 15 is 0 Å². The summed E-state index contributed by atoms with van der Waals surface area (Å²) in [6.07, 6.45) is 4.92. The van der Waals surface area contributed by atoms with E-state index in [1.165, 1.54) is 17.5 Å². The van der Waals surface area contributed by atoms with Gasteiger partial charge in [0.05, 0.1) is 12.3 Å². The highest BCUT2D eigenvalue weighted by molar-refractivity contribution is 5.47. The maximum atomic E-state index is 6.05. The third-order valence-electron chi connectivity index (χ3n) is 6.26. The van der Waals surface area contributed by atoms with Crippen LogP contribution in [-0.2, 0) is 26.3 Å². The molecule has 7 heteroatoms. The van der Waals surface area contributed by atoms with E-state index in [1.54, 1.807) is 0 Å². The summed E-state index contributed by atoms with van der Waals surface area (Å²) in [5, 5.41) is 8.08. The number of hydrogen-bond donors (Lipinski definition) is 1. The molecule has 2 aromatic heterocycles. The van der Waals surface area contributed by atoms with Gasteiger partial charge < -0.3 is 19.5 Å². The number of anilines is 1. The van der Waals surface area contributed by atoms with Crippen LogP contribution in [0.2, 0.25) is 0 Å². The average Bonchev–Trinajstić information content (AvgIpc) is 3.49. The molecule has 0 bridgehead atoms. The van der Waals surface area contributed by atoms with Crippen LogP contribution in [0.25, 0.3) is 0 Å². The Hall–Kier alpha value is -3.22. The molecule has 2 aliphatic rings. The van der Waals surface area contributed by atoms with Crippen LogP contribution in [0.5, 0.6) is 17.4 Å². The highest BCUT2D eigenvalue weighted by atomic mass is 16.7. The zero-order valence-corrected chi connectivity index (χ0v) is 20.8. The minimum absolute atomic E-state index is 0.300. The molecule has 0 aliphatic carbocycles. The molecule has 2 aliphatic heterocycles. The molecule has 182 valence electrons. The van der Waals surface area contributed by atoms with Gasteiger partial charge >= 0.3 is 0 Å². The minimum atomic E-state index is 0.300. The lowest BCUT2D eigenvalue weighted by Crippen LogP contribution is -2.14. The van der Waals surface area contributed by atoms with Gasteiger partial charge in [-0.05, 0) is 60.9 Å². The second kappa shape index (κ2) is 11.3. The molecule has 0 saturated heterocycles. The molecule has 0 amide bonds. The Morgan fingerprint density at radius 1 is 1.09 bits per heavy atom. The van der Waals surface area contributed by atoms with Gasteiger partial charge in [-0.3, -0.25) is 0 Å². The summed E-state index contributed by atoms with van der Waals surface area (Å²) in [5.41, 5.74) is 4.64. The monoisotopic (exact) mass is 464 g/mol. The first kappa shape index (κ1) is 23.9. The van der Waals surface area contributed by atoms with Gasteiger partial charge in [0.25, 0.3) is 0 Å². The van der Waals surface area contributed by atoms with Gasteiger partial charge in [0, 0.05) is 31.8 Å². The van der Waals surface area contributed by atoms with Crippen LogP contribution in [0, 0.1) is 0 Å². The Bertz CT molecular complexity index is 1100. The van der Waals surface area contributed by atoms with E-state index < -0.39 is 0 Å². The van der Waals surface area contributed by atoms with Crippen molar-refractivity contribution >= 4 is 5.82 Å². The highest BCUT2D eigenvalue weighted by Gasteiger charge is 2.19. The molecule has 1 N–H and O–H groups in total. The van der Waals surface area contributed by atoms with Crippen LogP contribution in [0.1, 0.15) is 62.0 Å². The van der Waals surface area contributed by atoms with Crippen LogP contribution in [0.3, 0.4) is 0 Å². The summed E-state index contributed by atoms with van der Waals surface area (Å²) >= 11 is 0. The normalized spacial score (nSPS) is 14.5. The second-order valence-electron chi connectivity index (χ2n) is 8.46. The molecule has 5 rings (SSSR count). The number of aryl methyl sites for hydroxylation is 2. The first-order chi connectivity index (χ1) is 16.7. The summed E-state index contributed by atoms with van der Waals surface area (Å²) in [6, 6.07) is 12.6. The fraction of sp³-hybridized carbons (Fsp3) is 0.481. The van der Waals surface area contributed by atoms with Gasteiger partial charge in [0.1, 0.15) is 5.82 Å². The molecule has 0 spiro atoms. The number of ether oxygens (including phenoxy) is 3. The van der Waals surface area contributed by atoms with Crippen molar-refractivity contribution in [3.05, 3.63) is 58.9 Å². The van der Waals surface area contributed by atoms with Gasteiger partial charge in [-0.1, -0.05) is 32.9 Å². The lowest BCUT2D eigenvalue weighted by atomic mass is 9.91. The van der Waals surface area contributed by atoms with E-state index in [1.807, 2.05) is 31.6 Å². The summed E-state index contributed by atoms with van der Waals surface area (Å²) in [6.45, 7) is 8.08. The molecule has 1 atom stereocenters. The molecule has 1 unspecified atom stereocenters. The van der Waals surface area contributed by atoms with Gasteiger partial charge in [0.15, 0.2) is 11.5 Å². The Kier molecular flexibility index (Phi) is 7.93. The topological polar surface area (TPSA) is 70.4 Å². The quantitative estimate of drug-likeness (QED) is 0.489. The molecule has 0 fully saturated rings. The second-order valence-corrected chi connectivity index (χ2v) is 8.46. The fourth-order valence-electron chi connectivity index (χ4n) is 4.43. The molecule has 34 heavy (non-hydrogen) atoms. The van der Waals surface area contributed by atoms with Gasteiger partial charge in [0.2, 0.25) is 12.7 Å². The number of rotatable bonds is 8. The van der Waals surface area contributed by atoms with Crippen molar-refractivity contribution < 1.29 is 14.2 Å². The average molecular weight is 465 g/mol. The van der Waals surface area contributed by atoms with Crippen molar-refractivity contribution in [3.8, 4) is 17.4 Å². The fourth-order valence-corrected chi connectivity index (χ4v) is 4.43. The van der Waals surface area contributed by atoms with Crippen molar-refractivity contribution in [3.63, 3.8) is 0 Å². The van der Waals surface area contributed by atoms with Gasteiger partial charge in [-0.25, -0.2) is 9.67 Å². The molecule has 1 aromatic carbocycles. The number of fused-ring (bicyclic) bond motifs is 2. The Morgan fingerprint density at radius 3 is 2.79 bits per heavy atom. The van der Waals surface area contributed by atoms with Gasteiger partial charge in [-0.2, -0.15) is 5.10 Å². The molecule has 0 radical (unpaired) electrons. The number of aromatic nitrogens is 3. The van der Waals surface area contributed by atoms with Crippen molar-refractivity contribution in [2.75, 3.05) is 25.3 Å². The highest BCUT2D eigenvalue weighted by Crippen LogP contribution is 2.36. The van der Waals surface area contributed by atoms with Crippen LogP contribution in [0.4, 0.5) is 5.82 Å². The summed E-state index contributed by atoms with van der Waals surface area (Å²) in [7, 11) is 1.93. The maximum Gasteiger partial charge on any atom is 0.231 e. The standard InChI is InChI=1S/C25H30N4O3.C2H6/c1-3-17(19-7-9-22-23(14-19)32-16-31-22)13-21-15-24(29(2)28-21)30-12-10-20-8-6-18-5-4-11-26-25(18)27-20;1-2/h6-9,14-15,17H,3-5,10-13,16H2,1-2H3,(H,26,27);1-2H3. The first-order valence-electron chi connectivity index (χ1n) is 12.5. The summed E-state index contributed by atoms with van der Waals surface area (Å²) < 4.78 is 18.9. The molecule has 7 nitrogen and oxygen atoms in total. The molecular formula is C27H36N4O3. The predicted molar refractivity (Wildman–Crippen MR) is 134 cm³/mol. The van der Waals surface area contributed by atoms with Crippen LogP contribution in [-0.4, -0.2) is 34.7 Å². The van der Waals surface area contributed by atoms with Crippen LogP contribution >= 0.6 is 0 Å². The lowest BCUT2D eigenvalue weighted by Gasteiger charge is -2.17. The van der Waals surface area contributed by atoms with E-state index in [9.17, 15) is 0 Å². The molecular weight excluding hydrogens is 428 g/mol. The van der Waals surface area contributed by atoms with E-state index in [-0.39, 0.29) is 0 Å². The number of benzene rings is 1. The smallest absolute Gasteiger partial charge is 0.231 e. The van der Waals surface area contributed by atoms with E-state index in [0.29, 0.717) is 19.3 Å². The molecule has 0 saturated carbocycles. The van der Waals surface area contributed by atoms with Crippen LogP contribution < -0.4 is 19.5 Å². The van der Waals surface area contributed by atoms with Crippen molar-refractivity contribution in [1.29, 1.82) is 0 Å². The zero-order chi connectivity index (χ0) is 23.9. The van der Waals surface area contributed by atoms with Crippen molar-refractivity contribution in [2.45, 2.75) is 58.8 Å². The van der Waals surface area contributed by atoms with E-state index in [2.05, 4.69) is 47.7 Å². The number of hydrogen-bond acceptors (Lipinski definition) is 6. The molecule has 3 aromatic rings. The summed E-state index contributed by atoms with van der Waals surface area (Å²) in [5.74, 6) is 3.83. The minimum Gasteiger partial charge on any atom is -0.477 e. The van der Waals surface area contributed by atoms with Crippen molar-refractivity contribution in [1.82, 2.24) is 14.8 Å². The third kappa shape index (κ3) is 5.46. The largest absolute Gasteiger partial charge is 0.477 e.